The average molecular weight is 564 g/mol. The first kappa shape index (κ1) is 28.6. The van der Waals surface area contributed by atoms with Gasteiger partial charge in [0, 0.05) is 17.7 Å². The number of hydrogen-bond acceptors (Lipinski definition) is 14. The number of carboxylic acid groups (broad SMARTS) is 1. The number of Topliss-reactive ketones (excluding diaryl/α,β-unsaturated/α-hetero) is 1. The Kier molecular flexibility index (Phi) is 8.13. The summed E-state index contributed by atoms with van der Waals surface area (Å²) in [5.41, 5.74) is -1.35. The lowest BCUT2D eigenvalue weighted by molar-refractivity contribution is -0.279. The van der Waals surface area contributed by atoms with E-state index in [1.165, 1.54) is 6.07 Å². The summed E-state index contributed by atoms with van der Waals surface area (Å²) >= 11 is 0. The summed E-state index contributed by atoms with van der Waals surface area (Å²) in [6.45, 7) is -1.21. The van der Waals surface area contributed by atoms with Gasteiger partial charge >= 0.3 is 5.97 Å². The number of phenols is 4. The van der Waals surface area contributed by atoms with Crippen molar-refractivity contribution < 1.29 is 69.1 Å². The molecule has 5 atom stereocenters. The molecule has 0 amide bonds. The predicted octanol–water partition coefficient (Wildman–Crippen LogP) is -0.471. The van der Waals surface area contributed by atoms with Crippen molar-refractivity contribution in [3.05, 3.63) is 40.6 Å². The molecule has 1 aliphatic heterocycles. The normalized spacial score (nSPS) is 22.7. The summed E-state index contributed by atoms with van der Waals surface area (Å²) in [6.07, 6.45) is -9.71. The lowest BCUT2D eigenvalue weighted by Gasteiger charge is -2.40. The van der Waals surface area contributed by atoms with Crippen molar-refractivity contribution in [1.29, 1.82) is 0 Å². The minimum absolute atomic E-state index is 0.0326. The molecule has 1 saturated heterocycles. The van der Waals surface area contributed by atoms with Crippen molar-refractivity contribution in [2.24, 2.45) is 0 Å². The molecule has 2 aromatic carbocycles. The lowest BCUT2D eigenvalue weighted by atomic mass is 9.99. The minimum atomic E-state index is -1.95. The van der Waals surface area contributed by atoms with Crippen LogP contribution in [0.2, 0.25) is 0 Å². The van der Waals surface area contributed by atoms with Gasteiger partial charge in [-0.15, -0.1) is 0 Å². The zero-order chi connectivity index (χ0) is 29.3. The third kappa shape index (κ3) is 5.78. The number of ketones is 1. The summed E-state index contributed by atoms with van der Waals surface area (Å²) in [5, 5.41) is 79.2. The van der Waals surface area contributed by atoms with Gasteiger partial charge in [-0.1, -0.05) is 0 Å². The number of fused-ring (bicyclic) bond motifs is 1. The highest BCUT2D eigenvalue weighted by Crippen LogP contribution is 2.39. The van der Waals surface area contributed by atoms with Crippen LogP contribution in [0.25, 0.3) is 22.3 Å². The van der Waals surface area contributed by atoms with E-state index in [-0.39, 0.29) is 11.1 Å². The van der Waals surface area contributed by atoms with Crippen LogP contribution >= 0.6 is 0 Å². The molecule has 2 heterocycles. The number of ether oxygens (including phenoxy) is 3. The number of phenolic OH excluding ortho intramolecular Hbond substituents is 4. The number of rotatable bonds is 9. The Morgan fingerprint density at radius 2 is 1.62 bits per heavy atom. The van der Waals surface area contributed by atoms with Crippen molar-refractivity contribution in [1.82, 2.24) is 0 Å². The molecule has 40 heavy (non-hydrogen) atoms. The van der Waals surface area contributed by atoms with Crippen LogP contribution in [-0.4, -0.2) is 96.5 Å². The summed E-state index contributed by atoms with van der Waals surface area (Å²) < 4.78 is 21.9. The van der Waals surface area contributed by atoms with Gasteiger partial charge in [0.2, 0.25) is 17.5 Å². The number of aliphatic hydroxyl groups is 3. The first-order valence-corrected chi connectivity index (χ1v) is 11.6. The summed E-state index contributed by atoms with van der Waals surface area (Å²) in [6, 6.07) is 5.20. The number of aliphatic carboxylic acids is 1. The van der Waals surface area contributed by atoms with Crippen molar-refractivity contribution in [3.63, 3.8) is 0 Å². The van der Waals surface area contributed by atoms with E-state index in [4.69, 9.17) is 23.7 Å². The monoisotopic (exact) mass is 564 g/mol. The highest BCUT2D eigenvalue weighted by atomic mass is 16.7. The van der Waals surface area contributed by atoms with Crippen LogP contribution in [0.1, 0.15) is 6.42 Å². The molecule has 0 bridgehead atoms. The van der Waals surface area contributed by atoms with Crippen LogP contribution < -0.4 is 10.2 Å². The third-order valence-corrected chi connectivity index (χ3v) is 5.95. The first-order chi connectivity index (χ1) is 18.9. The van der Waals surface area contributed by atoms with Crippen LogP contribution in [0.15, 0.2) is 39.5 Å². The Balaban J connectivity index is 1.71. The smallest absolute Gasteiger partial charge is 0.310 e. The summed E-state index contributed by atoms with van der Waals surface area (Å²) in [4.78, 5) is 35.7. The molecule has 3 aromatic rings. The fourth-order valence-electron chi connectivity index (χ4n) is 4.01. The maximum atomic E-state index is 13.5. The van der Waals surface area contributed by atoms with E-state index in [1.807, 2.05) is 0 Å². The molecular weight excluding hydrogens is 540 g/mol. The Morgan fingerprint density at radius 3 is 2.30 bits per heavy atom. The van der Waals surface area contributed by atoms with Crippen molar-refractivity contribution >= 4 is 22.7 Å². The van der Waals surface area contributed by atoms with Crippen molar-refractivity contribution in [2.75, 3.05) is 13.2 Å². The number of benzene rings is 2. The van der Waals surface area contributed by atoms with Crippen LogP contribution in [0, 0.1) is 0 Å². The fraction of sp³-hybridized carbons (Fsp3) is 0.320. The SMILES string of the molecule is O=C(O)CC(=O)COC[C@H]1O[C@@H](Oc2c(-c3ccc(O)c(O)c3)oc3cc(O)cc(O)c3c2=O)[C@H](O)[C@@H](O)[C@@H]1O. The molecule has 0 radical (unpaired) electrons. The maximum absolute atomic E-state index is 13.5. The highest BCUT2D eigenvalue weighted by molar-refractivity contribution is 5.95. The Labute approximate surface area is 223 Å². The molecule has 15 nitrogen and oxygen atoms in total. The van der Waals surface area contributed by atoms with E-state index in [2.05, 4.69) is 0 Å². The Hall–Kier alpha value is -4.41. The van der Waals surface area contributed by atoms with Gasteiger partial charge in [-0.3, -0.25) is 14.4 Å². The fourth-order valence-corrected chi connectivity index (χ4v) is 4.01. The number of aliphatic hydroxyl groups excluding tert-OH is 3. The van der Waals surface area contributed by atoms with Crippen LogP contribution in [0.3, 0.4) is 0 Å². The van der Waals surface area contributed by atoms with Crippen LogP contribution in [0.4, 0.5) is 0 Å². The molecule has 0 unspecified atom stereocenters. The lowest BCUT2D eigenvalue weighted by Crippen LogP contribution is -2.60. The first-order valence-electron chi connectivity index (χ1n) is 11.6. The average Bonchev–Trinajstić information content (AvgIpc) is 2.87. The number of hydrogen-bond donors (Lipinski definition) is 8. The Morgan fingerprint density at radius 1 is 0.900 bits per heavy atom. The quantitative estimate of drug-likeness (QED) is 0.121. The van der Waals surface area contributed by atoms with Gasteiger partial charge in [0.05, 0.1) is 6.61 Å². The molecule has 1 aliphatic rings. The van der Waals surface area contributed by atoms with Crippen LogP contribution in [-0.2, 0) is 19.1 Å². The zero-order valence-electron chi connectivity index (χ0n) is 20.3. The standard InChI is InChI=1S/C25H24O15/c26-10-4-14(30)18-15(5-10)38-23(9-1-2-12(28)13(29)3-9)24(20(18)34)40-25-22(36)21(35)19(33)16(39-25)8-37-7-11(27)6-17(31)32/h1-5,16,19,21-22,25-26,28-30,33,35-36H,6-8H2,(H,31,32)/t16-,19-,21+,22-,25+/m1/s1. The van der Waals surface area contributed by atoms with Gasteiger partial charge in [-0.25, -0.2) is 0 Å². The Bertz CT molecular complexity index is 1500. The third-order valence-electron chi connectivity index (χ3n) is 5.95. The van der Waals surface area contributed by atoms with Gasteiger partial charge in [0.15, 0.2) is 23.0 Å². The molecule has 0 saturated carbocycles. The highest BCUT2D eigenvalue weighted by Gasteiger charge is 2.46. The number of aromatic hydroxyl groups is 4. The topological polar surface area (TPSA) is 254 Å². The molecule has 1 aromatic heterocycles. The number of carbonyl (C=O) groups is 2. The van der Waals surface area contributed by atoms with Gasteiger partial charge in [0.1, 0.15) is 59.9 Å². The molecule has 15 heteroatoms. The predicted molar refractivity (Wildman–Crippen MR) is 130 cm³/mol. The molecule has 0 aliphatic carbocycles. The van der Waals surface area contributed by atoms with Crippen molar-refractivity contribution in [2.45, 2.75) is 37.1 Å². The molecule has 8 N–H and O–H groups in total. The molecule has 4 rings (SSSR count). The van der Waals surface area contributed by atoms with E-state index in [9.17, 15) is 50.1 Å². The minimum Gasteiger partial charge on any atom is -0.508 e. The molecule has 0 spiro atoms. The summed E-state index contributed by atoms with van der Waals surface area (Å²) in [5.74, 6) is -5.50. The van der Waals surface area contributed by atoms with E-state index in [1.54, 1.807) is 0 Å². The van der Waals surface area contributed by atoms with E-state index >= 15 is 0 Å². The van der Waals surface area contributed by atoms with Gasteiger partial charge < -0.3 is 59.5 Å². The second-order valence-corrected chi connectivity index (χ2v) is 8.89. The largest absolute Gasteiger partial charge is 0.508 e. The summed E-state index contributed by atoms with van der Waals surface area (Å²) in [7, 11) is 0. The van der Waals surface area contributed by atoms with E-state index in [0.29, 0.717) is 0 Å². The van der Waals surface area contributed by atoms with Gasteiger partial charge in [0.25, 0.3) is 0 Å². The zero-order valence-corrected chi connectivity index (χ0v) is 20.3. The van der Waals surface area contributed by atoms with Crippen molar-refractivity contribution in [3.8, 4) is 40.1 Å². The van der Waals surface area contributed by atoms with E-state index < -0.39 is 107 Å². The molecular formula is C25H24O15. The number of carboxylic acids is 1. The van der Waals surface area contributed by atoms with E-state index in [0.717, 1.165) is 24.3 Å². The van der Waals surface area contributed by atoms with Crippen LogP contribution in [0.5, 0.6) is 28.7 Å². The maximum Gasteiger partial charge on any atom is 0.310 e. The van der Waals surface area contributed by atoms with Gasteiger partial charge in [-0.05, 0) is 18.2 Å². The second-order valence-electron chi connectivity index (χ2n) is 8.89. The molecule has 214 valence electrons. The second kappa shape index (κ2) is 11.4. The number of carbonyl (C=O) groups excluding carboxylic acids is 1. The molecule has 1 fully saturated rings. The van der Waals surface area contributed by atoms with Gasteiger partial charge in [-0.2, -0.15) is 0 Å².